The van der Waals surface area contributed by atoms with Gasteiger partial charge >= 0.3 is 0 Å². The van der Waals surface area contributed by atoms with Gasteiger partial charge in [-0.1, -0.05) is 51.3 Å². The van der Waals surface area contributed by atoms with Crippen molar-refractivity contribution < 1.29 is 4.39 Å². The summed E-state index contributed by atoms with van der Waals surface area (Å²) >= 11 is 15.4. The molecule has 0 spiro atoms. The zero-order chi connectivity index (χ0) is 14.0. The van der Waals surface area contributed by atoms with E-state index >= 15 is 0 Å². The summed E-state index contributed by atoms with van der Waals surface area (Å²) in [7, 11) is 0. The zero-order valence-corrected chi connectivity index (χ0v) is 13.2. The van der Waals surface area contributed by atoms with Gasteiger partial charge in [0, 0.05) is 4.47 Å². The molecule has 0 saturated heterocycles. The third-order valence-electron chi connectivity index (χ3n) is 2.75. The van der Waals surface area contributed by atoms with E-state index in [-0.39, 0.29) is 11.9 Å². The van der Waals surface area contributed by atoms with E-state index in [2.05, 4.69) is 21.2 Å². The second-order valence-electron chi connectivity index (χ2n) is 4.13. The minimum absolute atomic E-state index is 0.157. The molecule has 1 unspecified atom stereocenters. The largest absolute Gasteiger partial charge is 0.376 e. The van der Waals surface area contributed by atoms with Crippen LogP contribution in [-0.2, 0) is 0 Å². The molecule has 0 saturated carbocycles. The number of hydrogen-bond acceptors (Lipinski definition) is 1. The van der Waals surface area contributed by atoms with Crippen molar-refractivity contribution in [3.8, 4) is 0 Å². The molecule has 100 valence electrons. The predicted molar refractivity (Wildman–Crippen MR) is 82.6 cm³/mol. The first-order chi connectivity index (χ1) is 8.99. The number of hydrogen-bond donors (Lipinski definition) is 1. The molecule has 19 heavy (non-hydrogen) atoms. The molecule has 1 atom stereocenters. The average Bonchev–Trinajstić information content (AvgIpc) is 2.37. The second-order valence-corrected chi connectivity index (χ2v) is 5.83. The maximum Gasteiger partial charge on any atom is 0.146 e. The summed E-state index contributed by atoms with van der Waals surface area (Å²) < 4.78 is 14.5. The van der Waals surface area contributed by atoms with Crippen LogP contribution in [0.3, 0.4) is 0 Å². The standard InChI is InChI=1S/C14H11BrCl2FN/c1-8(10-3-2-4-11(16)14(10)17)19-13-7-9(15)5-6-12(13)18/h2-8,19H,1H3. The molecule has 0 aliphatic rings. The molecule has 0 aliphatic heterocycles. The van der Waals surface area contributed by atoms with E-state index in [1.54, 1.807) is 18.2 Å². The van der Waals surface area contributed by atoms with E-state index in [1.807, 2.05) is 19.1 Å². The number of rotatable bonds is 3. The summed E-state index contributed by atoms with van der Waals surface area (Å²) in [5.74, 6) is -0.312. The Morgan fingerprint density at radius 1 is 1.21 bits per heavy atom. The van der Waals surface area contributed by atoms with Crippen molar-refractivity contribution in [3.05, 3.63) is 62.3 Å². The SMILES string of the molecule is CC(Nc1cc(Br)ccc1F)c1cccc(Cl)c1Cl. The summed E-state index contributed by atoms with van der Waals surface area (Å²) in [6, 6.07) is 9.98. The molecule has 1 N–H and O–H groups in total. The zero-order valence-electron chi connectivity index (χ0n) is 10.1. The molecule has 1 nitrogen and oxygen atoms in total. The first kappa shape index (κ1) is 14.6. The van der Waals surface area contributed by atoms with Gasteiger partial charge in [-0.25, -0.2) is 4.39 Å². The van der Waals surface area contributed by atoms with Crippen LogP contribution in [0.25, 0.3) is 0 Å². The van der Waals surface area contributed by atoms with Crippen LogP contribution in [0.2, 0.25) is 10.0 Å². The van der Waals surface area contributed by atoms with Crippen LogP contribution in [0.15, 0.2) is 40.9 Å². The van der Waals surface area contributed by atoms with Crippen LogP contribution in [0, 0.1) is 5.82 Å². The lowest BCUT2D eigenvalue weighted by molar-refractivity contribution is 0.627. The highest BCUT2D eigenvalue weighted by Crippen LogP contribution is 2.32. The number of anilines is 1. The minimum atomic E-state index is -0.312. The molecular formula is C14H11BrCl2FN. The average molecular weight is 363 g/mol. The molecule has 0 aromatic heterocycles. The van der Waals surface area contributed by atoms with Crippen molar-refractivity contribution in [1.82, 2.24) is 0 Å². The van der Waals surface area contributed by atoms with Crippen molar-refractivity contribution in [1.29, 1.82) is 0 Å². The highest BCUT2D eigenvalue weighted by Gasteiger charge is 2.13. The fourth-order valence-corrected chi connectivity index (χ4v) is 2.61. The van der Waals surface area contributed by atoms with Crippen molar-refractivity contribution in [2.45, 2.75) is 13.0 Å². The highest BCUT2D eigenvalue weighted by molar-refractivity contribution is 9.10. The Labute approximate surface area is 129 Å². The van der Waals surface area contributed by atoms with E-state index in [1.165, 1.54) is 6.07 Å². The predicted octanol–water partition coefficient (Wildman–Crippen LogP) is 6.07. The summed E-state index contributed by atoms with van der Waals surface area (Å²) in [4.78, 5) is 0. The highest BCUT2D eigenvalue weighted by atomic mass is 79.9. The first-order valence-corrected chi connectivity index (χ1v) is 7.19. The third-order valence-corrected chi connectivity index (χ3v) is 4.08. The molecule has 0 bridgehead atoms. The summed E-state index contributed by atoms with van der Waals surface area (Å²) in [6.45, 7) is 1.90. The van der Waals surface area contributed by atoms with E-state index in [4.69, 9.17) is 23.2 Å². The normalized spacial score (nSPS) is 12.3. The van der Waals surface area contributed by atoms with Crippen molar-refractivity contribution in [2.75, 3.05) is 5.32 Å². The van der Waals surface area contributed by atoms with E-state index < -0.39 is 0 Å². The summed E-state index contributed by atoms with van der Waals surface area (Å²) in [6.07, 6.45) is 0. The maximum atomic E-state index is 13.7. The first-order valence-electron chi connectivity index (χ1n) is 5.64. The van der Waals surface area contributed by atoms with Gasteiger partial charge in [0.15, 0.2) is 0 Å². The molecule has 2 rings (SSSR count). The van der Waals surface area contributed by atoms with Gasteiger partial charge in [-0.2, -0.15) is 0 Å². The lowest BCUT2D eigenvalue weighted by Crippen LogP contribution is -2.08. The van der Waals surface area contributed by atoms with Gasteiger partial charge in [0.05, 0.1) is 21.8 Å². The van der Waals surface area contributed by atoms with Gasteiger partial charge in [0.1, 0.15) is 5.82 Å². The van der Waals surface area contributed by atoms with Crippen molar-refractivity contribution in [2.24, 2.45) is 0 Å². The van der Waals surface area contributed by atoms with E-state index in [9.17, 15) is 4.39 Å². The van der Waals surface area contributed by atoms with Gasteiger partial charge in [-0.05, 0) is 36.8 Å². The van der Waals surface area contributed by atoms with Crippen LogP contribution in [0.4, 0.5) is 10.1 Å². The topological polar surface area (TPSA) is 12.0 Å². The molecule has 0 heterocycles. The second kappa shape index (κ2) is 6.12. The third kappa shape index (κ3) is 3.41. The molecular weight excluding hydrogens is 352 g/mol. The Morgan fingerprint density at radius 2 is 1.95 bits per heavy atom. The summed E-state index contributed by atoms with van der Waals surface area (Å²) in [5, 5.41) is 4.06. The van der Waals surface area contributed by atoms with Crippen molar-refractivity contribution >= 4 is 44.8 Å². The van der Waals surface area contributed by atoms with E-state index in [0.717, 1.165) is 10.0 Å². The summed E-state index contributed by atoms with van der Waals surface area (Å²) in [5.41, 5.74) is 1.24. The van der Waals surface area contributed by atoms with Crippen LogP contribution in [-0.4, -0.2) is 0 Å². The lowest BCUT2D eigenvalue weighted by Gasteiger charge is -2.18. The monoisotopic (exact) mass is 361 g/mol. The minimum Gasteiger partial charge on any atom is -0.376 e. The quantitative estimate of drug-likeness (QED) is 0.698. The number of benzene rings is 2. The van der Waals surface area contributed by atoms with Gasteiger partial charge in [-0.3, -0.25) is 0 Å². The van der Waals surface area contributed by atoms with Gasteiger partial charge in [0.25, 0.3) is 0 Å². The van der Waals surface area contributed by atoms with Gasteiger partial charge < -0.3 is 5.32 Å². The van der Waals surface area contributed by atoms with Gasteiger partial charge in [-0.15, -0.1) is 0 Å². The Morgan fingerprint density at radius 3 is 2.68 bits per heavy atom. The lowest BCUT2D eigenvalue weighted by atomic mass is 10.1. The smallest absolute Gasteiger partial charge is 0.146 e. The fraction of sp³-hybridized carbons (Fsp3) is 0.143. The molecule has 5 heteroatoms. The maximum absolute atomic E-state index is 13.7. The number of halogens is 4. The van der Waals surface area contributed by atoms with Crippen LogP contribution >= 0.6 is 39.1 Å². The van der Waals surface area contributed by atoms with Crippen molar-refractivity contribution in [3.63, 3.8) is 0 Å². The Hall–Kier alpha value is -0.770. The van der Waals surface area contributed by atoms with Crippen LogP contribution in [0.5, 0.6) is 0 Å². The number of nitrogens with one attached hydrogen (secondary N) is 1. The Balaban J connectivity index is 2.28. The fourth-order valence-electron chi connectivity index (χ4n) is 1.77. The molecule has 0 fully saturated rings. The Bertz CT molecular complexity index is 604. The molecule has 0 amide bonds. The molecule has 2 aromatic rings. The Kier molecular flexibility index (Phi) is 4.71. The van der Waals surface area contributed by atoms with Gasteiger partial charge in [0.2, 0.25) is 0 Å². The van der Waals surface area contributed by atoms with Crippen LogP contribution in [0.1, 0.15) is 18.5 Å². The molecule has 2 aromatic carbocycles. The molecule has 0 aliphatic carbocycles. The van der Waals surface area contributed by atoms with Crippen LogP contribution < -0.4 is 5.32 Å². The van der Waals surface area contributed by atoms with E-state index in [0.29, 0.717) is 15.7 Å². The molecule has 0 radical (unpaired) electrons.